The van der Waals surface area contributed by atoms with E-state index in [2.05, 4.69) is 34.8 Å². The number of piperidine rings is 1. The molecule has 1 aromatic heterocycles. The normalized spacial score (nSPS) is 27.3. The molecule has 9 heteroatoms. The van der Waals surface area contributed by atoms with Crippen LogP contribution in [-0.4, -0.2) is 26.9 Å². The zero-order valence-corrected chi connectivity index (χ0v) is 25.3. The fourth-order valence-corrected chi connectivity index (χ4v) is 8.14. The van der Waals surface area contributed by atoms with E-state index < -0.39 is 11.9 Å². The summed E-state index contributed by atoms with van der Waals surface area (Å²) < 4.78 is 16.7. The predicted molar refractivity (Wildman–Crippen MR) is 165 cm³/mol. The summed E-state index contributed by atoms with van der Waals surface area (Å²) in [6.07, 6.45) is 7.91. The van der Waals surface area contributed by atoms with E-state index in [0.717, 1.165) is 23.3 Å². The van der Waals surface area contributed by atoms with Gasteiger partial charge in [-0.3, -0.25) is 24.3 Å². The summed E-state index contributed by atoms with van der Waals surface area (Å²) in [4.78, 5) is 42.5. The summed E-state index contributed by atoms with van der Waals surface area (Å²) in [6, 6.07) is 9.91. The zero-order chi connectivity index (χ0) is 30.3. The van der Waals surface area contributed by atoms with Crippen LogP contribution < -0.4 is 21.5 Å². The molecule has 5 atom stereocenters. The third kappa shape index (κ3) is 5.96. The Morgan fingerprint density at radius 2 is 1.93 bits per heavy atom. The number of hydrogen-bond donors (Lipinski definition) is 3. The molecule has 3 aliphatic rings. The van der Waals surface area contributed by atoms with Crippen molar-refractivity contribution in [2.24, 2.45) is 17.8 Å². The highest BCUT2D eigenvalue weighted by atomic mass is 19.1. The summed E-state index contributed by atoms with van der Waals surface area (Å²) in [5.41, 5.74) is 2.22. The molecule has 8 nitrogen and oxygen atoms in total. The minimum atomic E-state index is -0.808. The van der Waals surface area contributed by atoms with Crippen molar-refractivity contribution in [3.63, 3.8) is 0 Å². The van der Waals surface area contributed by atoms with Crippen molar-refractivity contribution in [2.75, 3.05) is 5.32 Å². The number of imide groups is 1. The lowest BCUT2D eigenvalue weighted by atomic mass is 9.60. The van der Waals surface area contributed by atoms with E-state index in [0.29, 0.717) is 34.5 Å². The van der Waals surface area contributed by atoms with Gasteiger partial charge in [0.15, 0.2) is 0 Å². The van der Waals surface area contributed by atoms with Crippen LogP contribution in [0.1, 0.15) is 88.2 Å². The van der Waals surface area contributed by atoms with Gasteiger partial charge in [0.2, 0.25) is 11.8 Å². The predicted octanol–water partition coefficient (Wildman–Crippen LogP) is 5.52. The van der Waals surface area contributed by atoms with Gasteiger partial charge in [-0.05, 0) is 87.0 Å². The third-order valence-corrected chi connectivity index (χ3v) is 9.96. The van der Waals surface area contributed by atoms with Crippen LogP contribution >= 0.6 is 0 Å². The number of amides is 2. The average molecular weight is 588 g/mol. The summed E-state index contributed by atoms with van der Waals surface area (Å²) in [5.74, 6) is 1.54. The molecule has 2 amide bonds. The Morgan fingerprint density at radius 1 is 1.09 bits per heavy atom. The maximum absolute atomic E-state index is 15.4. The molecule has 228 valence electrons. The second-order valence-corrected chi connectivity index (χ2v) is 13.2. The molecule has 1 aliphatic heterocycles. The van der Waals surface area contributed by atoms with Crippen molar-refractivity contribution < 1.29 is 14.0 Å². The first-order valence-corrected chi connectivity index (χ1v) is 15.8. The molecule has 2 bridgehead atoms. The summed E-state index contributed by atoms with van der Waals surface area (Å²) in [7, 11) is 0. The Kier molecular flexibility index (Phi) is 8.11. The van der Waals surface area contributed by atoms with Gasteiger partial charge in [-0.15, -0.1) is 0 Å². The van der Waals surface area contributed by atoms with Gasteiger partial charge in [0, 0.05) is 36.3 Å². The topological polar surface area (TPSA) is 105 Å². The molecule has 43 heavy (non-hydrogen) atoms. The minimum Gasteiger partial charge on any atom is -0.380 e. The van der Waals surface area contributed by atoms with Gasteiger partial charge in [-0.2, -0.15) is 0 Å². The molecule has 6 rings (SSSR count). The first kappa shape index (κ1) is 29.5. The van der Waals surface area contributed by atoms with Crippen LogP contribution in [0.2, 0.25) is 0 Å². The smallest absolute Gasteiger partial charge is 0.264 e. The molecular weight excluding hydrogens is 545 g/mol. The quantitative estimate of drug-likeness (QED) is 0.300. The molecular formula is C34H42FN5O3. The van der Waals surface area contributed by atoms with Crippen LogP contribution in [0.5, 0.6) is 0 Å². The Bertz CT molecular complexity index is 1620. The fraction of sp³-hybridized carbons (Fsp3) is 0.529. The lowest BCUT2D eigenvalue weighted by molar-refractivity contribution is -0.135. The largest absolute Gasteiger partial charge is 0.380 e. The molecule has 2 aromatic carbocycles. The van der Waals surface area contributed by atoms with E-state index in [1.54, 1.807) is 31.2 Å². The van der Waals surface area contributed by atoms with Crippen LogP contribution in [-0.2, 0) is 22.7 Å². The van der Waals surface area contributed by atoms with E-state index >= 15 is 4.39 Å². The van der Waals surface area contributed by atoms with Crippen LogP contribution in [0.15, 0.2) is 41.2 Å². The number of fused-ring (bicyclic) bond motifs is 3. The second kappa shape index (κ2) is 11.8. The van der Waals surface area contributed by atoms with E-state index in [9.17, 15) is 14.4 Å². The number of anilines is 1. The zero-order valence-electron chi connectivity index (χ0n) is 25.3. The van der Waals surface area contributed by atoms with Gasteiger partial charge in [0.25, 0.3) is 5.56 Å². The fourth-order valence-electron chi connectivity index (χ4n) is 8.14. The van der Waals surface area contributed by atoms with Gasteiger partial charge >= 0.3 is 0 Å². The summed E-state index contributed by atoms with van der Waals surface area (Å²) in [6.45, 7) is 7.18. The van der Waals surface area contributed by atoms with Crippen LogP contribution in [0.4, 0.5) is 10.1 Å². The van der Waals surface area contributed by atoms with Crippen LogP contribution in [0, 0.1) is 30.5 Å². The number of nitrogens with zero attached hydrogens (tertiary/aromatic N) is 2. The maximum Gasteiger partial charge on any atom is 0.264 e. The first-order chi connectivity index (χ1) is 20.6. The molecule has 2 saturated carbocycles. The van der Waals surface area contributed by atoms with Gasteiger partial charge in [-0.25, -0.2) is 9.37 Å². The molecule has 0 radical (unpaired) electrons. The number of nitrogens with one attached hydrogen (secondary N) is 3. The van der Waals surface area contributed by atoms with E-state index in [1.807, 2.05) is 12.1 Å². The second-order valence-electron chi connectivity index (χ2n) is 13.2. The van der Waals surface area contributed by atoms with Gasteiger partial charge in [-0.1, -0.05) is 38.5 Å². The molecule has 3 N–H and O–H groups in total. The number of halogens is 1. The molecule has 1 saturated heterocycles. The van der Waals surface area contributed by atoms with E-state index in [-0.39, 0.29) is 42.2 Å². The van der Waals surface area contributed by atoms with Crippen molar-refractivity contribution in [2.45, 2.75) is 96.8 Å². The number of benzene rings is 2. The summed E-state index contributed by atoms with van der Waals surface area (Å²) in [5, 5.41) is 9.76. The number of aryl methyl sites for hydroxylation is 1. The molecule has 5 unspecified atom stereocenters. The first-order valence-electron chi connectivity index (χ1n) is 15.8. The molecule has 3 fully saturated rings. The number of hydrogen-bond acceptors (Lipinski definition) is 6. The Balaban J connectivity index is 1.18. The van der Waals surface area contributed by atoms with Crippen LogP contribution in [0.25, 0.3) is 10.9 Å². The molecule has 0 spiro atoms. The van der Waals surface area contributed by atoms with Gasteiger partial charge in [0.05, 0.1) is 10.9 Å². The lowest BCUT2D eigenvalue weighted by Gasteiger charge is -2.51. The highest BCUT2D eigenvalue weighted by Gasteiger charge is 2.44. The van der Waals surface area contributed by atoms with E-state index in [4.69, 9.17) is 0 Å². The highest BCUT2D eigenvalue weighted by Crippen LogP contribution is 2.48. The maximum atomic E-state index is 15.4. The number of aromatic nitrogens is 2. The minimum absolute atomic E-state index is 0.152. The average Bonchev–Trinajstić information content (AvgIpc) is 2.95. The number of carbonyl (C=O) groups excluding carboxylic acids is 2. The van der Waals surface area contributed by atoms with Gasteiger partial charge in [0.1, 0.15) is 17.7 Å². The summed E-state index contributed by atoms with van der Waals surface area (Å²) >= 11 is 0. The standard InChI is InChI=1S/C34H42FN5O3/c1-4-22-13-24-12-20(2)15-34(16-22,17-24)37-18-23-8-9-25(26(35)14-23)19-36-27-6-5-7-28-31(27)33(43)40(21(3)38-28)29-10-11-30(41)39-32(29)42/h5-9,14,20,22,24,29,36-37H,4,10-13,15-19H2,1-3H3,(H,39,41,42). The Morgan fingerprint density at radius 3 is 2.70 bits per heavy atom. The molecule has 3 aromatic rings. The van der Waals surface area contributed by atoms with Crippen molar-refractivity contribution in [3.8, 4) is 0 Å². The Hall–Kier alpha value is -3.59. The third-order valence-electron chi connectivity index (χ3n) is 9.96. The van der Waals surface area contributed by atoms with Crippen molar-refractivity contribution >= 4 is 28.4 Å². The van der Waals surface area contributed by atoms with E-state index in [1.165, 1.54) is 43.1 Å². The van der Waals surface area contributed by atoms with Crippen molar-refractivity contribution in [1.82, 2.24) is 20.2 Å². The highest BCUT2D eigenvalue weighted by molar-refractivity contribution is 5.99. The van der Waals surface area contributed by atoms with Crippen molar-refractivity contribution in [3.05, 3.63) is 69.5 Å². The monoisotopic (exact) mass is 587 g/mol. The number of carbonyl (C=O) groups is 2. The molecule has 2 heterocycles. The van der Waals surface area contributed by atoms with Crippen LogP contribution in [0.3, 0.4) is 0 Å². The Labute approximate surface area is 251 Å². The lowest BCUT2D eigenvalue weighted by Crippen LogP contribution is -2.54. The van der Waals surface area contributed by atoms with Gasteiger partial charge < -0.3 is 10.6 Å². The number of rotatable bonds is 8. The SMILES string of the molecule is CCC1CC2CC(C)CC(NCc3ccc(CNc4cccc5nc(C)n(C6CCC(=O)NC6=O)c(=O)c45)c(F)c3)(C1)C2. The molecule has 2 aliphatic carbocycles. The van der Waals surface area contributed by atoms with Crippen molar-refractivity contribution in [1.29, 1.82) is 0 Å².